The first-order valence-corrected chi connectivity index (χ1v) is 4.65. The van der Waals surface area contributed by atoms with E-state index in [1.165, 1.54) is 0 Å². The van der Waals surface area contributed by atoms with Crippen molar-refractivity contribution < 1.29 is 0 Å². The van der Waals surface area contributed by atoms with Gasteiger partial charge in [-0.15, -0.1) is 0 Å². The third-order valence-electron chi connectivity index (χ3n) is 1.71. The number of halogens is 2. The average Bonchev–Trinajstić information content (AvgIpc) is 2.33. The van der Waals surface area contributed by atoms with Crippen molar-refractivity contribution in [3.8, 4) is 0 Å². The fourth-order valence-electron chi connectivity index (χ4n) is 1.18. The minimum Gasteiger partial charge on any atom is -0.266 e. The molecule has 0 aliphatic carbocycles. The largest absolute Gasteiger partial charge is 0.266 e. The van der Waals surface area contributed by atoms with E-state index in [2.05, 4.69) is 26.1 Å². The third-order valence-corrected chi connectivity index (χ3v) is 2.60. The molecule has 2 nitrogen and oxygen atoms in total. The van der Waals surface area contributed by atoms with E-state index in [0.29, 0.717) is 5.15 Å². The summed E-state index contributed by atoms with van der Waals surface area (Å²) in [6, 6.07) is 4.02. The quantitative estimate of drug-likeness (QED) is 0.758. The molecule has 0 saturated heterocycles. The molecular formula is C8H6BrClN2. The lowest BCUT2D eigenvalue weighted by molar-refractivity contribution is 1.12. The number of H-pyrrole nitrogens is 1. The molecule has 0 bridgehead atoms. The molecule has 1 heterocycles. The lowest BCUT2D eigenvalue weighted by Gasteiger charge is -1.95. The number of hydrogen-bond donors (Lipinski definition) is 1. The number of benzene rings is 1. The van der Waals surface area contributed by atoms with Crippen LogP contribution in [-0.4, -0.2) is 10.2 Å². The van der Waals surface area contributed by atoms with E-state index in [1.54, 1.807) is 0 Å². The summed E-state index contributed by atoms with van der Waals surface area (Å²) in [7, 11) is 0. The molecule has 0 radical (unpaired) electrons. The first-order valence-electron chi connectivity index (χ1n) is 3.48. The van der Waals surface area contributed by atoms with E-state index < -0.39 is 0 Å². The van der Waals surface area contributed by atoms with Crippen LogP contribution in [0.25, 0.3) is 10.9 Å². The second-order valence-electron chi connectivity index (χ2n) is 2.68. The van der Waals surface area contributed by atoms with Crippen molar-refractivity contribution in [3.05, 3.63) is 27.3 Å². The Labute approximate surface area is 83.0 Å². The van der Waals surface area contributed by atoms with Crippen LogP contribution in [0.2, 0.25) is 5.15 Å². The highest BCUT2D eigenvalue weighted by atomic mass is 79.9. The summed E-state index contributed by atoms with van der Waals surface area (Å²) in [4.78, 5) is 0. The number of aromatic amines is 1. The van der Waals surface area contributed by atoms with Crippen LogP contribution in [-0.2, 0) is 0 Å². The van der Waals surface area contributed by atoms with Crippen LogP contribution >= 0.6 is 27.5 Å². The topological polar surface area (TPSA) is 28.7 Å². The molecule has 0 amide bonds. The molecule has 2 aromatic rings. The molecule has 1 N–H and O–H groups in total. The van der Waals surface area contributed by atoms with E-state index in [4.69, 9.17) is 11.6 Å². The Morgan fingerprint density at radius 1 is 1.50 bits per heavy atom. The average molecular weight is 246 g/mol. The van der Waals surface area contributed by atoms with E-state index in [-0.39, 0.29) is 0 Å². The summed E-state index contributed by atoms with van der Waals surface area (Å²) < 4.78 is 0.973. The van der Waals surface area contributed by atoms with Gasteiger partial charge in [0, 0.05) is 9.86 Å². The summed E-state index contributed by atoms with van der Waals surface area (Å²) in [5, 5.41) is 8.34. The van der Waals surface area contributed by atoms with E-state index in [9.17, 15) is 0 Å². The Kier molecular flexibility index (Phi) is 1.85. The van der Waals surface area contributed by atoms with Crippen molar-refractivity contribution in [1.82, 2.24) is 10.2 Å². The number of aryl methyl sites for hydroxylation is 1. The highest BCUT2D eigenvalue weighted by molar-refractivity contribution is 9.10. The van der Waals surface area contributed by atoms with E-state index in [1.807, 2.05) is 19.1 Å². The summed E-state index contributed by atoms with van der Waals surface area (Å²) >= 11 is 9.30. The molecule has 1 aromatic carbocycles. The van der Waals surface area contributed by atoms with Crippen molar-refractivity contribution in [1.29, 1.82) is 0 Å². The summed E-state index contributed by atoms with van der Waals surface area (Å²) in [6.07, 6.45) is 0. The van der Waals surface area contributed by atoms with E-state index in [0.717, 1.165) is 20.9 Å². The molecule has 0 saturated carbocycles. The first kappa shape index (κ1) is 8.08. The molecule has 0 unspecified atom stereocenters. The Balaban J connectivity index is 2.92. The van der Waals surface area contributed by atoms with Gasteiger partial charge < -0.3 is 0 Å². The monoisotopic (exact) mass is 244 g/mol. The molecule has 1 aromatic heterocycles. The van der Waals surface area contributed by atoms with Gasteiger partial charge in [-0.2, -0.15) is 5.10 Å². The highest BCUT2D eigenvalue weighted by Crippen LogP contribution is 2.28. The minimum absolute atomic E-state index is 0.592. The van der Waals surface area contributed by atoms with Crippen LogP contribution in [0.4, 0.5) is 0 Å². The molecule has 0 fully saturated rings. The molecule has 0 aliphatic heterocycles. The predicted molar refractivity (Wildman–Crippen MR) is 53.5 cm³/mol. The summed E-state index contributed by atoms with van der Waals surface area (Å²) in [6.45, 7) is 2.02. The summed E-state index contributed by atoms with van der Waals surface area (Å²) in [5.74, 6) is 0. The fraction of sp³-hybridized carbons (Fsp3) is 0.125. The first-order chi connectivity index (χ1) is 5.68. The predicted octanol–water partition coefficient (Wildman–Crippen LogP) is 3.29. The van der Waals surface area contributed by atoms with E-state index >= 15 is 0 Å². The number of nitrogens with zero attached hydrogens (tertiary/aromatic N) is 1. The molecule has 12 heavy (non-hydrogen) atoms. The molecule has 0 atom stereocenters. The van der Waals surface area contributed by atoms with Gasteiger partial charge in [0.1, 0.15) is 10.7 Å². The zero-order valence-electron chi connectivity index (χ0n) is 6.36. The molecule has 0 spiro atoms. The number of hydrogen-bond acceptors (Lipinski definition) is 1. The summed E-state index contributed by atoms with van der Waals surface area (Å²) in [5.41, 5.74) is 2.04. The van der Waals surface area contributed by atoms with Crippen molar-refractivity contribution in [2.75, 3.05) is 0 Å². The van der Waals surface area contributed by atoms with Gasteiger partial charge in [0.2, 0.25) is 0 Å². The zero-order chi connectivity index (χ0) is 8.72. The van der Waals surface area contributed by atoms with Crippen LogP contribution in [0.1, 0.15) is 5.56 Å². The Bertz CT molecular complexity index is 436. The van der Waals surface area contributed by atoms with Crippen molar-refractivity contribution in [2.24, 2.45) is 0 Å². The highest BCUT2D eigenvalue weighted by Gasteiger charge is 2.06. The minimum atomic E-state index is 0.592. The lowest BCUT2D eigenvalue weighted by Crippen LogP contribution is -1.75. The second kappa shape index (κ2) is 2.75. The molecule has 0 aliphatic rings. The third kappa shape index (κ3) is 1.13. The van der Waals surface area contributed by atoms with Crippen LogP contribution in [0.3, 0.4) is 0 Å². The molecule has 2 rings (SSSR count). The maximum atomic E-state index is 5.88. The maximum Gasteiger partial charge on any atom is 0.132 e. The molecule has 4 heteroatoms. The van der Waals surface area contributed by atoms with Crippen molar-refractivity contribution in [3.63, 3.8) is 0 Å². The smallest absolute Gasteiger partial charge is 0.132 e. The number of aromatic nitrogens is 2. The van der Waals surface area contributed by atoms with Crippen LogP contribution in [0, 0.1) is 6.92 Å². The number of fused-ring (bicyclic) bond motifs is 1. The lowest BCUT2D eigenvalue weighted by atomic mass is 10.2. The van der Waals surface area contributed by atoms with Gasteiger partial charge in [0.25, 0.3) is 0 Å². The number of nitrogens with one attached hydrogen (secondary N) is 1. The van der Waals surface area contributed by atoms with Crippen molar-refractivity contribution >= 4 is 38.4 Å². The van der Waals surface area contributed by atoms with Crippen LogP contribution in [0.5, 0.6) is 0 Å². The van der Waals surface area contributed by atoms with Gasteiger partial charge in [-0.25, -0.2) is 0 Å². The molecule has 62 valence electrons. The van der Waals surface area contributed by atoms with Gasteiger partial charge >= 0.3 is 0 Å². The SMILES string of the molecule is Cc1cc(Br)c2n[nH]c(Cl)c2c1. The van der Waals surface area contributed by atoms with Crippen LogP contribution < -0.4 is 0 Å². The van der Waals surface area contributed by atoms with Gasteiger partial charge in [0.05, 0.1) is 0 Å². The standard InChI is InChI=1S/C8H6BrClN2/c1-4-2-5-7(6(9)3-4)11-12-8(5)10/h2-3H,1H3,(H,11,12). The Hall–Kier alpha value is -0.540. The Morgan fingerprint density at radius 3 is 3.00 bits per heavy atom. The Morgan fingerprint density at radius 2 is 2.25 bits per heavy atom. The van der Waals surface area contributed by atoms with Gasteiger partial charge in [-0.1, -0.05) is 11.6 Å². The number of rotatable bonds is 0. The second-order valence-corrected chi connectivity index (χ2v) is 3.91. The fourth-order valence-corrected chi connectivity index (χ4v) is 2.03. The van der Waals surface area contributed by atoms with Gasteiger partial charge in [-0.05, 0) is 40.5 Å². The zero-order valence-corrected chi connectivity index (χ0v) is 8.70. The molecular weight excluding hydrogens is 239 g/mol. The van der Waals surface area contributed by atoms with Crippen molar-refractivity contribution in [2.45, 2.75) is 6.92 Å². The van der Waals surface area contributed by atoms with Gasteiger partial charge in [-0.3, -0.25) is 5.10 Å². The normalized spacial score (nSPS) is 10.9. The maximum absolute atomic E-state index is 5.88. The van der Waals surface area contributed by atoms with Gasteiger partial charge in [0.15, 0.2) is 0 Å². The van der Waals surface area contributed by atoms with Crippen LogP contribution in [0.15, 0.2) is 16.6 Å².